The molecule has 1 aliphatic rings. The quantitative estimate of drug-likeness (QED) is 0.705. The number of aryl methyl sites for hydroxylation is 1. The largest absolute Gasteiger partial charge is 0.467 e. The Bertz CT molecular complexity index is 859. The predicted octanol–water partition coefficient (Wildman–Crippen LogP) is 1.31. The van der Waals surface area contributed by atoms with Crippen molar-refractivity contribution in [3.8, 4) is 0 Å². The Hall–Kier alpha value is -2.93. The van der Waals surface area contributed by atoms with Crippen LogP contribution in [0.1, 0.15) is 43.2 Å². The summed E-state index contributed by atoms with van der Waals surface area (Å²) in [5, 5.41) is 8.97. The van der Waals surface area contributed by atoms with Gasteiger partial charge >= 0.3 is 0 Å². The van der Waals surface area contributed by atoms with E-state index in [1.54, 1.807) is 6.26 Å². The summed E-state index contributed by atoms with van der Waals surface area (Å²) in [7, 11) is 0. The summed E-state index contributed by atoms with van der Waals surface area (Å²) in [4.78, 5) is 25.9. The van der Waals surface area contributed by atoms with Gasteiger partial charge < -0.3 is 14.6 Å². The predicted molar refractivity (Wildman–Crippen MR) is 111 cm³/mol. The van der Waals surface area contributed by atoms with Crippen LogP contribution in [-0.4, -0.2) is 48.7 Å². The van der Waals surface area contributed by atoms with Crippen molar-refractivity contribution in [1.29, 1.82) is 0 Å². The number of furan rings is 1. The lowest BCUT2D eigenvalue weighted by atomic mass is 10.0. The number of benzene rings is 1. The Morgan fingerprint density at radius 1 is 1.21 bits per heavy atom. The van der Waals surface area contributed by atoms with E-state index in [0.717, 1.165) is 16.2 Å². The number of hydrazone groups is 1. The van der Waals surface area contributed by atoms with E-state index in [9.17, 15) is 9.59 Å². The third-order valence-corrected chi connectivity index (χ3v) is 5.11. The number of nitrogens with one attached hydrogen (secondary N) is 2. The molecule has 1 unspecified atom stereocenters. The Morgan fingerprint density at radius 2 is 1.97 bits per heavy atom. The monoisotopic (exact) mass is 397 g/mol. The number of carbonyl (C=O) groups is 2. The molecule has 7 heteroatoms. The molecule has 2 aromatic rings. The van der Waals surface area contributed by atoms with Crippen LogP contribution in [0, 0.1) is 6.92 Å². The molecule has 2 N–H and O–H groups in total. The normalized spacial score (nSPS) is 17.1. The lowest BCUT2D eigenvalue weighted by molar-refractivity contribution is -0.882. The SMILES string of the molecule is CCNC(=O)C[NH+](CC)CC(=O)N1N=C(c2ccc(C)cc2)C[C@H]1c1ccco1. The van der Waals surface area contributed by atoms with Crippen LogP contribution in [0.3, 0.4) is 0 Å². The average molecular weight is 397 g/mol. The van der Waals surface area contributed by atoms with Crippen molar-refractivity contribution in [3.05, 3.63) is 59.5 Å². The van der Waals surface area contributed by atoms with Crippen LogP contribution in [0.2, 0.25) is 0 Å². The van der Waals surface area contributed by atoms with Crippen molar-refractivity contribution >= 4 is 17.5 Å². The Kier molecular flexibility index (Phi) is 6.82. The van der Waals surface area contributed by atoms with Crippen LogP contribution in [0.4, 0.5) is 0 Å². The number of rotatable bonds is 8. The van der Waals surface area contributed by atoms with Gasteiger partial charge in [0.15, 0.2) is 13.1 Å². The third-order valence-electron chi connectivity index (χ3n) is 5.11. The molecule has 0 radical (unpaired) electrons. The molecular formula is C22H29N4O3+. The summed E-state index contributed by atoms with van der Waals surface area (Å²) in [6.45, 7) is 7.63. The summed E-state index contributed by atoms with van der Waals surface area (Å²) >= 11 is 0. The van der Waals surface area contributed by atoms with Gasteiger partial charge in [-0.05, 0) is 38.5 Å². The molecule has 0 saturated heterocycles. The summed E-state index contributed by atoms with van der Waals surface area (Å²) in [6, 6.07) is 11.6. The molecular weight excluding hydrogens is 368 g/mol. The van der Waals surface area contributed by atoms with Gasteiger partial charge in [-0.15, -0.1) is 0 Å². The van der Waals surface area contributed by atoms with Gasteiger partial charge in [-0.2, -0.15) is 5.10 Å². The average Bonchev–Trinajstić information content (AvgIpc) is 3.38. The van der Waals surface area contributed by atoms with Crippen LogP contribution in [-0.2, 0) is 9.59 Å². The van der Waals surface area contributed by atoms with Gasteiger partial charge in [0, 0.05) is 13.0 Å². The number of nitrogens with zero attached hydrogens (tertiary/aromatic N) is 2. The molecule has 2 atom stereocenters. The van der Waals surface area contributed by atoms with Crippen molar-refractivity contribution in [1.82, 2.24) is 10.3 Å². The highest BCUT2D eigenvalue weighted by molar-refractivity contribution is 6.03. The van der Waals surface area contributed by atoms with E-state index in [1.165, 1.54) is 10.6 Å². The minimum atomic E-state index is -0.267. The summed E-state index contributed by atoms with van der Waals surface area (Å²) in [5.74, 6) is 0.547. The highest BCUT2D eigenvalue weighted by Gasteiger charge is 2.36. The molecule has 7 nitrogen and oxygen atoms in total. The van der Waals surface area contributed by atoms with Crippen molar-refractivity contribution < 1.29 is 18.9 Å². The fourth-order valence-electron chi connectivity index (χ4n) is 3.46. The molecule has 1 aliphatic heterocycles. The Labute approximate surface area is 171 Å². The first-order valence-corrected chi connectivity index (χ1v) is 10.1. The minimum absolute atomic E-state index is 0.0509. The first-order valence-electron chi connectivity index (χ1n) is 10.1. The van der Waals surface area contributed by atoms with Crippen molar-refractivity contribution in [2.45, 2.75) is 33.2 Å². The molecule has 0 spiro atoms. The van der Waals surface area contributed by atoms with E-state index in [1.807, 2.05) is 57.2 Å². The lowest BCUT2D eigenvalue weighted by Gasteiger charge is -2.22. The van der Waals surface area contributed by atoms with E-state index in [2.05, 4.69) is 10.4 Å². The number of quaternary nitrogens is 1. The van der Waals surface area contributed by atoms with E-state index in [-0.39, 0.29) is 30.9 Å². The van der Waals surface area contributed by atoms with E-state index in [0.29, 0.717) is 25.3 Å². The number of likely N-dealkylation sites (N-methyl/N-ethyl adjacent to an activating group) is 2. The summed E-state index contributed by atoms with van der Waals surface area (Å²) < 4.78 is 5.59. The second-order valence-electron chi connectivity index (χ2n) is 7.30. The lowest BCUT2D eigenvalue weighted by Crippen LogP contribution is -3.14. The zero-order valence-electron chi connectivity index (χ0n) is 17.3. The number of carbonyl (C=O) groups excluding carboxylic acids is 2. The zero-order chi connectivity index (χ0) is 20.8. The van der Waals surface area contributed by atoms with Crippen LogP contribution >= 0.6 is 0 Å². The third kappa shape index (κ3) is 5.12. The second-order valence-corrected chi connectivity index (χ2v) is 7.30. The van der Waals surface area contributed by atoms with Gasteiger partial charge in [-0.25, -0.2) is 5.01 Å². The van der Waals surface area contributed by atoms with Crippen molar-refractivity contribution in [2.75, 3.05) is 26.2 Å². The van der Waals surface area contributed by atoms with Gasteiger partial charge in [0.25, 0.3) is 11.8 Å². The molecule has 0 saturated carbocycles. The number of amides is 2. The van der Waals surface area contributed by atoms with Gasteiger partial charge in [0.2, 0.25) is 0 Å². The molecule has 29 heavy (non-hydrogen) atoms. The van der Waals surface area contributed by atoms with Crippen molar-refractivity contribution in [2.24, 2.45) is 5.10 Å². The highest BCUT2D eigenvalue weighted by Crippen LogP contribution is 2.32. The number of hydrogen-bond acceptors (Lipinski definition) is 4. The topological polar surface area (TPSA) is 79.4 Å². The molecule has 0 aliphatic carbocycles. The molecule has 0 bridgehead atoms. The fraction of sp³-hybridized carbons (Fsp3) is 0.409. The fourth-order valence-corrected chi connectivity index (χ4v) is 3.46. The first-order chi connectivity index (χ1) is 14.0. The van der Waals surface area contributed by atoms with Crippen LogP contribution < -0.4 is 10.2 Å². The Balaban J connectivity index is 1.79. The maximum Gasteiger partial charge on any atom is 0.298 e. The maximum absolute atomic E-state index is 13.1. The van der Waals surface area contributed by atoms with Gasteiger partial charge in [0.05, 0.1) is 18.5 Å². The van der Waals surface area contributed by atoms with Crippen LogP contribution in [0.5, 0.6) is 0 Å². The molecule has 154 valence electrons. The van der Waals surface area contributed by atoms with Crippen LogP contribution in [0.25, 0.3) is 0 Å². The molecule has 2 heterocycles. The summed E-state index contributed by atoms with van der Waals surface area (Å²) in [5.41, 5.74) is 3.04. The number of hydrogen-bond donors (Lipinski definition) is 2. The molecule has 1 aromatic carbocycles. The van der Waals surface area contributed by atoms with Crippen molar-refractivity contribution in [3.63, 3.8) is 0 Å². The smallest absolute Gasteiger partial charge is 0.298 e. The van der Waals surface area contributed by atoms with Gasteiger partial charge in [-0.1, -0.05) is 29.8 Å². The Morgan fingerprint density at radius 3 is 2.59 bits per heavy atom. The van der Waals surface area contributed by atoms with Crippen LogP contribution in [0.15, 0.2) is 52.2 Å². The molecule has 1 aromatic heterocycles. The highest BCUT2D eigenvalue weighted by atomic mass is 16.3. The van der Waals surface area contributed by atoms with E-state index >= 15 is 0 Å². The van der Waals surface area contributed by atoms with E-state index in [4.69, 9.17) is 4.42 Å². The summed E-state index contributed by atoms with van der Waals surface area (Å²) in [6.07, 6.45) is 2.21. The van der Waals surface area contributed by atoms with E-state index < -0.39 is 0 Å². The standard InChI is InChI=1S/C22H28N4O3/c1-4-23-21(27)14-25(5-2)15-22(28)26-19(20-7-6-12-29-20)13-18(24-26)17-10-8-16(3)9-11-17/h6-12,19H,4-5,13-15H2,1-3H3,(H,23,27)/p+1/t19-/m0/s1. The second kappa shape index (κ2) is 9.52. The molecule has 2 amide bonds. The van der Waals surface area contributed by atoms with Gasteiger partial charge in [-0.3, -0.25) is 9.59 Å². The molecule has 0 fully saturated rings. The zero-order valence-corrected chi connectivity index (χ0v) is 17.3. The minimum Gasteiger partial charge on any atom is -0.467 e. The maximum atomic E-state index is 13.1. The first kappa shape index (κ1) is 20.8. The molecule has 3 rings (SSSR count). The van der Waals surface area contributed by atoms with Gasteiger partial charge in [0.1, 0.15) is 11.8 Å².